The smallest absolute Gasteiger partial charge is 0.335 e. The van der Waals surface area contributed by atoms with Gasteiger partial charge in [-0.05, 0) is 42.5 Å². The molecular formula is C21H19ClN2O6S. The highest BCUT2D eigenvalue weighted by Gasteiger charge is 2.33. The van der Waals surface area contributed by atoms with Gasteiger partial charge in [-0.3, -0.25) is 4.72 Å². The number of sulfonamides is 1. The third-order valence-corrected chi connectivity index (χ3v) is 7.10. The molecule has 2 aliphatic rings. The van der Waals surface area contributed by atoms with Crippen LogP contribution in [0.5, 0.6) is 5.75 Å². The summed E-state index contributed by atoms with van der Waals surface area (Å²) in [6.45, 7) is 0. The van der Waals surface area contributed by atoms with Crippen molar-refractivity contribution in [2.45, 2.75) is 48.7 Å². The van der Waals surface area contributed by atoms with Crippen molar-refractivity contribution >= 4 is 33.3 Å². The molecule has 0 unspecified atom stereocenters. The van der Waals surface area contributed by atoms with E-state index in [1.54, 1.807) is 0 Å². The Hall–Kier alpha value is -2.80. The normalized spacial score (nSPS) is 20.4. The molecule has 162 valence electrons. The van der Waals surface area contributed by atoms with Gasteiger partial charge in [0.25, 0.3) is 10.0 Å². The van der Waals surface area contributed by atoms with E-state index in [4.69, 9.17) is 16.3 Å². The van der Waals surface area contributed by atoms with E-state index in [9.17, 15) is 28.7 Å². The molecule has 0 bridgehead atoms. The molecule has 2 aliphatic carbocycles. The predicted molar refractivity (Wildman–Crippen MR) is 112 cm³/mol. The molecule has 2 aromatic rings. The number of nitriles is 1. The number of halogens is 1. The van der Waals surface area contributed by atoms with E-state index in [2.05, 4.69) is 4.72 Å². The predicted octanol–water partition coefficient (Wildman–Crippen LogP) is 3.49. The summed E-state index contributed by atoms with van der Waals surface area (Å²) in [6.07, 6.45) is 1.67. The standard InChI is InChI=1S/C21H19ClN2O6S/c22-17-9-19(30-15-7-14(25)8-15)18(5-13(17)10-23)24-31(28,29)20-6-12(21(26)27)3-4-16(20)11-1-2-11/h3-6,9,11,14-15,24-25H,1-2,7-8H2,(H,26,27). The molecule has 0 heterocycles. The summed E-state index contributed by atoms with van der Waals surface area (Å²) in [4.78, 5) is 11.3. The maximum atomic E-state index is 13.3. The molecule has 3 N–H and O–H groups in total. The zero-order valence-electron chi connectivity index (χ0n) is 16.2. The average Bonchev–Trinajstić information content (AvgIpc) is 3.53. The van der Waals surface area contributed by atoms with Gasteiger partial charge in [0.05, 0.1) is 32.8 Å². The Morgan fingerprint density at radius 2 is 1.94 bits per heavy atom. The summed E-state index contributed by atoms with van der Waals surface area (Å²) < 4.78 is 34.8. The molecule has 0 spiro atoms. The van der Waals surface area contributed by atoms with Crippen LogP contribution in [0.3, 0.4) is 0 Å². The molecule has 0 aliphatic heterocycles. The van der Waals surface area contributed by atoms with Crippen LogP contribution in [0.4, 0.5) is 5.69 Å². The highest BCUT2D eigenvalue weighted by molar-refractivity contribution is 7.92. The van der Waals surface area contributed by atoms with Gasteiger partial charge >= 0.3 is 5.97 Å². The Morgan fingerprint density at radius 1 is 1.23 bits per heavy atom. The van der Waals surface area contributed by atoms with Crippen LogP contribution in [0.1, 0.15) is 53.1 Å². The lowest BCUT2D eigenvalue weighted by atomic mass is 9.92. The molecule has 8 nitrogen and oxygen atoms in total. The minimum Gasteiger partial charge on any atom is -0.488 e. The van der Waals surface area contributed by atoms with Crippen molar-refractivity contribution in [3.05, 3.63) is 52.0 Å². The Kier molecular flexibility index (Phi) is 5.56. The third kappa shape index (κ3) is 4.46. The second-order valence-corrected chi connectivity index (χ2v) is 9.80. The number of nitrogens with zero attached hydrogens (tertiary/aromatic N) is 1. The summed E-state index contributed by atoms with van der Waals surface area (Å²) in [6, 6.07) is 8.60. The molecule has 10 heteroatoms. The number of carbonyl (C=O) groups is 1. The van der Waals surface area contributed by atoms with Gasteiger partial charge in [-0.25, -0.2) is 13.2 Å². The fraction of sp³-hybridized carbons (Fsp3) is 0.333. The highest BCUT2D eigenvalue weighted by atomic mass is 35.5. The number of aliphatic hydroxyl groups excluding tert-OH is 1. The summed E-state index contributed by atoms with van der Waals surface area (Å²) in [5.74, 6) is -1.04. The monoisotopic (exact) mass is 462 g/mol. The van der Waals surface area contributed by atoms with Crippen molar-refractivity contribution in [2.75, 3.05) is 4.72 Å². The average molecular weight is 463 g/mol. The van der Waals surface area contributed by atoms with Gasteiger partial charge in [-0.1, -0.05) is 17.7 Å². The van der Waals surface area contributed by atoms with E-state index in [1.165, 1.54) is 24.3 Å². The van der Waals surface area contributed by atoms with E-state index in [0.29, 0.717) is 18.4 Å². The summed E-state index contributed by atoms with van der Waals surface area (Å²) >= 11 is 6.10. The second kappa shape index (κ2) is 8.04. The van der Waals surface area contributed by atoms with Crippen LogP contribution in [0.15, 0.2) is 35.2 Å². The van der Waals surface area contributed by atoms with Crippen LogP contribution in [0.2, 0.25) is 5.02 Å². The van der Waals surface area contributed by atoms with Crippen molar-refractivity contribution in [1.29, 1.82) is 5.26 Å². The lowest BCUT2D eigenvalue weighted by Gasteiger charge is -2.32. The minimum atomic E-state index is -4.20. The largest absolute Gasteiger partial charge is 0.488 e. The van der Waals surface area contributed by atoms with Crippen LogP contribution in [-0.4, -0.2) is 36.8 Å². The van der Waals surface area contributed by atoms with Gasteiger partial charge in [-0.15, -0.1) is 0 Å². The van der Waals surface area contributed by atoms with Gasteiger partial charge < -0.3 is 14.9 Å². The van der Waals surface area contributed by atoms with Crippen LogP contribution in [0, 0.1) is 11.3 Å². The van der Waals surface area contributed by atoms with Crippen molar-refractivity contribution < 1.29 is 28.2 Å². The first-order valence-corrected chi connectivity index (χ1v) is 11.5. The lowest BCUT2D eigenvalue weighted by molar-refractivity contribution is -0.0104. The van der Waals surface area contributed by atoms with Gasteiger partial charge in [-0.2, -0.15) is 5.26 Å². The zero-order chi connectivity index (χ0) is 22.3. The Bertz CT molecular complexity index is 1200. The number of carboxylic acid groups (broad SMARTS) is 1. The van der Waals surface area contributed by atoms with Crippen molar-refractivity contribution in [3.8, 4) is 11.8 Å². The van der Waals surface area contributed by atoms with Crippen LogP contribution in [0.25, 0.3) is 0 Å². The number of ether oxygens (including phenoxy) is 1. The molecule has 0 saturated heterocycles. The first-order valence-electron chi connectivity index (χ1n) is 9.66. The molecule has 2 aromatic carbocycles. The van der Waals surface area contributed by atoms with Gasteiger partial charge in [0, 0.05) is 18.9 Å². The van der Waals surface area contributed by atoms with Gasteiger partial charge in [0.2, 0.25) is 0 Å². The number of rotatable bonds is 7. The van der Waals surface area contributed by atoms with Crippen LogP contribution < -0.4 is 9.46 Å². The molecule has 0 aromatic heterocycles. The quantitative estimate of drug-likeness (QED) is 0.572. The number of nitrogens with one attached hydrogen (secondary N) is 1. The topological polar surface area (TPSA) is 137 Å². The first kappa shape index (κ1) is 21.4. The van der Waals surface area contributed by atoms with Crippen molar-refractivity contribution in [3.63, 3.8) is 0 Å². The Labute approximate surface area is 184 Å². The van der Waals surface area contributed by atoms with E-state index in [0.717, 1.165) is 18.9 Å². The molecule has 4 rings (SSSR count). The maximum absolute atomic E-state index is 13.3. The summed E-state index contributed by atoms with van der Waals surface area (Å²) in [5, 5.41) is 28.2. The number of carboxylic acids is 1. The molecule has 0 atom stereocenters. The minimum absolute atomic E-state index is 0.0183. The molecule has 2 saturated carbocycles. The van der Waals surface area contributed by atoms with Crippen LogP contribution in [-0.2, 0) is 10.0 Å². The molecule has 2 fully saturated rings. The maximum Gasteiger partial charge on any atom is 0.335 e. The second-order valence-electron chi connectivity index (χ2n) is 7.74. The Balaban J connectivity index is 1.73. The number of hydrogen-bond acceptors (Lipinski definition) is 6. The van der Waals surface area contributed by atoms with E-state index in [1.807, 2.05) is 6.07 Å². The van der Waals surface area contributed by atoms with E-state index < -0.39 is 22.1 Å². The Morgan fingerprint density at radius 3 is 2.52 bits per heavy atom. The number of hydrogen-bond donors (Lipinski definition) is 3. The molecular weight excluding hydrogens is 444 g/mol. The highest BCUT2D eigenvalue weighted by Crippen LogP contribution is 2.44. The fourth-order valence-corrected chi connectivity index (χ4v) is 5.05. The molecule has 0 radical (unpaired) electrons. The first-order chi connectivity index (χ1) is 14.7. The summed E-state index contributed by atoms with van der Waals surface area (Å²) in [7, 11) is -4.20. The molecule has 31 heavy (non-hydrogen) atoms. The third-order valence-electron chi connectivity index (χ3n) is 5.36. The number of aliphatic hydroxyl groups is 1. The van der Waals surface area contributed by atoms with E-state index in [-0.39, 0.29) is 44.5 Å². The number of aromatic carboxylic acids is 1. The van der Waals surface area contributed by atoms with Gasteiger partial charge in [0.1, 0.15) is 17.9 Å². The molecule has 0 amide bonds. The van der Waals surface area contributed by atoms with Crippen molar-refractivity contribution in [1.82, 2.24) is 0 Å². The van der Waals surface area contributed by atoms with Crippen molar-refractivity contribution in [2.24, 2.45) is 0 Å². The van der Waals surface area contributed by atoms with E-state index >= 15 is 0 Å². The number of anilines is 1. The fourth-order valence-electron chi connectivity index (χ4n) is 3.46. The zero-order valence-corrected chi connectivity index (χ0v) is 17.8. The SMILES string of the molecule is N#Cc1cc(NS(=O)(=O)c2cc(C(=O)O)ccc2C2CC2)c(OC2CC(O)C2)cc1Cl. The lowest BCUT2D eigenvalue weighted by Crippen LogP contribution is -2.37. The van der Waals surface area contributed by atoms with Crippen LogP contribution >= 0.6 is 11.6 Å². The summed E-state index contributed by atoms with van der Waals surface area (Å²) in [5.41, 5.74) is 0.488. The number of benzene rings is 2. The van der Waals surface area contributed by atoms with Gasteiger partial charge in [0.15, 0.2) is 0 Å².